The van der Waals surface area contributed by atoms with Crippen molar-refractivity contribution in [2.45, 2.75) is 30.9 Å². The van der Waals surface area contributed by atoms with Gasteiger partial charge in [0.2, 0.25) is 15.5 Å². The van der Waals surface area contributed by atoms with E-state index in [1.165, 1.54) is 6.07 Å². The Balaban J connectivity index is 1.92. The summed E-state index contributed by atoms with van der Waals surface area (Å²) in [6.07, 6.45) is 2.75. The van der Waals surface area contributed by atoms with Crippen LogP contribution in [-0.4, -0.2) is 40.2 Å². The summed E-state index contributed by atoms with van der Waals surface area (Å²) in [5.41, 5.74) is -0.532. The van der Waals surface area contributed by atoms with Crippen molar-refractivity contribution in [3.63, 3.8) is 0 Å². The third-order valence-electron chi connectivity index (χ3n) is 4.02. The van der Waals surface area contributed by atoms with Crippen LogP contribution in [0.2, 0.25) is 5.02 Å². The zero-order valence-electron chi connectivity index (χ0n) is 13.7. The standard InChI is InChI=1S/C16H13ClFN3O5S/c17-13-9(5-6-27(24,25)11-3-1-2-4-11)7-10(8-12(13)18)26-15-14(16(22)23)19-21-20-15/h7-8,11H,1-4H2,(H,22,23)(H,19,20,21). The number of carboxylic acid groups (broad SMARTS) is 1. The highest BCUT2D eigenvalue weighted by atomic mass is 35.5. The average molecular weight is 414 g/mol. The number of carboxylic acids is 1. The molecule has 0 aliphatic heterocycles. The van der Waals surface area contributed by atoms with Crippen LogP contribution in [0.1, 0.15) is 41.7 Å². The quantitative estimate of drug-likeness (QED) is 0.739. The lowest BCUT2D eigenvalue weighted by atomic mass is 10.2. The van der Waals surface area contributed by atoms with Gasteiger partial charge in [-0.15, -0.1) is 0 Å². The number of sulfone groups is 1. The van der Waals surface area contributed by atoms with Gasteiger partial charge in [-0.25, -0.2) is 22.7 Å². The largest absolute Gasteiger partial charge is 0.476 e. The molecular formula is C16H13ClFN3O5S. The van der Waals surface area contributed by atoms with Gasteiger partial charge >= 0.3 is 5.97 Å². The molecule has 2 N–H and O–H groups in total. The molecule has 0 radical (unpaired) electrons. The predicted octanol–water partition coefficient (Wildman–Crippen LogP) is 2.75. The van der Waals surface area contributed by atoms with Crippen molar-refractivity contribution in [2.24, 2.45) is 0 Å². The number of ether oxygens (including phenoxy) is 1. The van der Waals surface area contributed by atoms with E-state index in [2.05, 4.69) is 26.6 Å². The third kappa shape index (κ3) is 4.20. The molecule has 2 aromatic rings. The maximum atomic E-state index is 14.1. The number of aromatic carboxylic acids is 1. The molecule has 1 fully saturated rings. The second-order valence-electron chi connectivity index (χ2n) is 5.84. The number of hydrogen-bond donors (Lipinski definition) is 2. The Kier molecular flexibility index (Phi) is 5.34. The molecule has 1 heterocycles. The maximum Gasteiger partial charge on any atom is 0.359 e. The minimum atomic E-state index is -3.66. The Bertz CT molecular complexity index is 1050. The Morgan fingerprint density at radius 3 is 2.74 bits per heavy atom. The Morgan fingerprint density at radius 2 is 2.07 bits per heavy atom. The van der Waals surface area contributed by atoms with E-state index in [1.54, 1.807) is 0 Å². The van der Waals surface area contributed by atoms with E-state index in [0.717, 1.165) is 18.9 Å². The third-order valence-corrected chi connectivity index (χ3v) is 6.14. The first-order chi connectivity index (χ1) is 12.8. The summed E-state index contributed by atoms with van der Waals surface area (Å²) >= 11 is 5.86. The number of halogens is 2. The number of benzene rings is 1. The highest BCUT2D eigenvalue weighted by molar-refractivity contribution is 7.96. The smallest absolute Gasteiger partial charge is 0.359 e. The van der Waals surface area contributed by atoms with E-state index in [1.807, 2.05) is 0 Å². The number of nitrogens with zero attached hydrogens (tertiary/aromatic N) is 2. The monoisotopic (exact) mass is 413 g/mol. The molecule has 0 saturated heterocycles. The van der Waals surface area contributed by atoms with Crippen LogP contribution in [0.3, 0.4) is 0 Å². The van der Waals surface area contributed by atoms with Gasteiger partial charge in [0.05, 0.1) is 15.8 Å². The number of hydrogen-bond acceptors (Lipinski definition) is 6. The lowest BCUT2D eigenvalue weighted by molar-refractivity contribution is 0.0687. The van der Waals surface area contributed by atoms with Crippen molar-refractivity contribution in [2.75, 3.05) is 0 Å². The highest BCUT2D eigenvalue weighted by Gasteiger charge is 2.27. The van der Waals surface area contributed by atoms with Crippen molar-refractivity contribution in [1.82, 2.24) is 15.4 Å². The topological polar surface area (TPSA) is 122 Å². The van der Waals surface area contributed by atoms with Gasteiger partial charge < -0.3 is 9.84 Å². The molecule has 11 heteroatoms. The lowest BCUT2D eigenvalue weighted by Gasteiger charge is -2.06. The van der Waals surface area contributed by atoms with E-state index in [4.69, 9.17) is 21.4 Å². The van der Waals surface area contributed by atoms with E-state index < -0.39 is 32.6 Å². The van der Waals surface area contributed by atoms with Gasteiger partial charge in [-0.05, 0) is 24.8 Å². The second-order valence-corrected chi connectivity index (χ2v) is 8.18. The first kappa shape index (κ1) is 19.1. The molecule has 0 atom stereocenters. The molecule has 1 aromatic heterocycles. The van der Waals surface area contributed by atoms with Crippen LogP contribution in [0.15, 0.2) is 12.1 Å². The van der Waals surface area contributed by atoms with Gasteiger partial charge in [-0.2, -0.15) is 0 Å². The van der Waals surface area contributed by atoms with Crippen molar-refractivity contribution < 1.29 is 27.4 Å². The molecule has 0 bridgehead atoms. The minimum Gasteiger partial charge on any atom is -0.476 e. The molecule has 3 rings (SSSR count). The van der Waals surface area contributed by atoms with Crippen molar-refractivity contribution in [3.8, 4) is 22.8 Å². The Labute approximate surface area is 158 Å². The van der Waals surface area contributed by atoms with Crippen LogP contribution in [-0.2, 0) is 9.84 Å². The zero-order valence-corrected chi connectivity index (χ0v) is 15.3. The first-order valence-corrected chi connectivity index (χ1v) is 9.78. The molecule has 0 amide bonds. The number of nitrogens with one attached hydrogen (secondary N) is 1. The fraction of sp³-hybridized carbons (Fsp3) is 0.312. The van der Waals surface area contributed by atoms with Crippen molar-refractivity contribution in [3.05, 3.63) is 34.2 Å². The molecule has 27 heavy (non-hydrogen) atoms. The fourth-order valence-corrected chi connectivity index (χ4v) is 4.19. The molecular weight excluding hydrogens is 401 g/mol. The Morgan fingerprint density at radius 1 is 1.37 bits per heavy atom. The summed E-state index contributed by atoms with van der Waals surface area (Å²) in [5, 5.41) is 19.2. The number of H-pyrrole nitrogens is 1. The molecule has 8 nitrogen and oxygen atoms in total. The van der Waals surface area contributed by atoms with E-state index >= 15 is 0 Å². The fourth-order valence-electron chi connectivity index (χ4n) is 2.66. The molecule has 1 saturated carbocycles. The summed E-state index contributed by atoms with van der Waals surface area (Å²) in [6, 6.07) is 2.10. The van der Waals surface area contributed by atoms with Crippen molar-refractivity contribution >= 4 is 27.4 Å². The lowest BCUT2D eigenvalue weighted by Crippen LogP contribution is -2.14. The zero-order chi connectivity index (χ0) is 19.6. The molecule has 1 aliphatic rings. The van der Waals surface area contributed by atoms with Gasteiger partial charge in [-0.3, -0.25) is 0 Å². The van der Waals surface area contributed by atoms with Crippen LogP contribution >= 0.6 is 11.6 Å². The van der Waals surface area contributed by atoms with Crippen LogP contribution in [0.4, 0.5) is 4.39 Å². The molecule has 0 spiro atoms. The number of rotatable bonds is 4. The van der Waals surface area contributed by atoms with Crippen LogP contribution in [0.25, 0.3) is 0 Å². The van der Waals surface area contributed by atoms with Gasteiger partial charge in [0.15, 0.2) is 0 Å². The first-order valence-electron chi connectivity index (χ1n) is 7.86. The summed E-state index contributed by atoms with van der Waals surface area (Å²) in [6.45, 7) is 0. The SMILES string of the molecule is O=C(O)c1[nH]nnc1Oc1cc(F)c(Cl)c(C#CS(=O)(=O)C2CCCC2)c1. The van der Waals surface area contributed by atoms with Gasteiger partial charge in [0.25, 0.3) is 5.88 Å². The van der Waals surface area contributed by atoms with Crippen LogP contribution < -0.4 is 4.74 Å². The number of carbonyl (C=O) groups is 1. The molecule has 142 valence electrons. The Hall–Kier alpha value is -2.64. The minimum absolute atomic E-state index is 0.103. The predicted molar refractivity (Wildman–Crippen MR) is 92.9 cm³/mol. The highest BCUT2D eigenvalue weighted by Crippen LogP contribution is 2.29. The van der Waals surface area contributed by atoms with E-state index in [9.17, 15) is 17.6 Å². The normalized spacial score (nSPS) is 14.6. The summed E-state index contributed by atoms with van der Waals surface area (Å²) in [4.78, 5) is 11.0. The van der Waals surface area contributed by atoms with Gasteiger partial charge in [0, 0.05) is 11.3 Å². The number of aromatic nitrogens is 3. The molecule has 1 aromatic carbocycles. The second kappa shape index (κ2) is 7.54. The van der Waals surface area contributed by atoms with Crippen LogP contribution in [0, 0.1) is 17.0 Å². The molecule has 1 aliphatic carbocycles. The van der Waals surface area contributed by atoms with Gasteiger partial charge in [0.1, 0.15) is 11.6 Å². The maximum absolute atomic E-state index is 14.1. The van der Waals surface area contributed by atoms with E-state index in [-0.39, 0.29) is 22.2 Å². The summed E-state index contributed by atoms with van der Waals surface area (Å²) in [5.74, 6) is -0.440. The molecule has 0 unspecified atom stereocenters. The van der Waals surface area contributed by atoms with Crippen LogP contribution in [0.5, 0.6) is 11.6 Å². The summed E-state index contributed by atoms with van der Waals surface area (Å²) in [7, 11) is -3.66. The summed E-state index contributed by atoms with van der Waals surface area (Å²) < 4.78 is 43.7. The van der Waals surface area contributed by atoms with E-state index in [0.29, 0.717) is 12.8 Å². The van der Waals surface area contributed by atoms with Gasteiger partial charge in [-0.1, -0.05) is 34.8 Å². The number of aromatic amines is 1. The van der Waals surface area contributed by atoms with Crippen molar-refractivity contribution in [1.29, 1.82) is 0 Å². The average Bonchev–Trinajstić information content (AvgIpc) is 3.28.